The summed E-state index contributed by atoms with van der Waals surface area (Å²) in [6.07, 6.45) is 0.105. The summed E-state index contributed by atoms with van der Waals surface area (Å²) in [6, 6.07) is 23.3. The van der Waals surface area contributed by atoms with Gasteiger partial charge in [0.1, 0.15) is 0 Å². The third-order valence-electron chi connectivity index (χ3n) is 4.39. The van der Waals surface area contributed by atoms with Crippen molar-refractivity contribution in [1.82, 2.24) is 5.32 Å². The van der Waals surface area contributed by atoms with E-state index in [4.69, 9.17) is 11.6 Å². The van der Waals surface area contributed by atoms with Crippen LogP contribution in [0.15, 0.2) is 78.9 Å². The highest BCUT2D eigenvalue weighted by molar-refractivity contribution is 6.31. The number of carbonyl (C=O) groups is 2. The lowest BCUT2D eigenvalue weighted by Crippen LogP contribution is -2.31. The van der Waals surface area contributed by atoms with E-state index in [-0.39, 0.29) is 18.2 Å². The first-order chi connectivity index (χ1) is 13.5. The Bertz CT molecular complexity index is 959. The Morgan fingerprint density at radius 3 is 2.21 bits per heavy atom. The Balaban J connectivity index is 1.74. The highest BCUT2D eigenvalue weighted by atomic mass is 35.5. The molecule has 0 bridgehead atoms. The fourth-order valence-electron chi connectivity index (χ4n) is 2.84. The first-order valence-electron chi connectivity index (χ1n) is 9.00. The molecule has 142 valence electrons. The van der Waals surface area contributed by atoms with E-state index in [1.54, 1.807) is 36.4 Å². The summed E-state index contributed by atoms with van der Waals surface area (Å²) in [5, 5.41) is 6.40. The number of hydrogen-bond donors (Lipinski definition) is 2. The molecule has 28 heavy (non-hydrogen) atoms. The van der Waals surface area contributed by atoms with Gasteiger partial charge in [0.05, 0.1) is 12.5 Å². The van der Waals surface area contributed by atoms with Gasteiger partial charge in [-0.2, -0.15) is 0 Å². The smallest absolute Gasteiger partial charge is 0.251 e. The molecule has 0 fully saturated rings. The molecule has 0 saturated carbocycles. The summed E-state index contributed by atoms with van der Waals surface area (Å²) >= 11 is 6.13. The summed E-state index contributed by atoms with van der Waals surface area (Å²) in [7, 11) is 0. The van der Waals surface area contributed by atoms with Gasteiger partial charge in [0.25, 0.3) is 5.91 Å². The summed E-state index contributed by atoms with van der Waals surface area (Å²) < 4.78 is 0. The second-order valence-corrected chi connectivity index (χ2v) is 6.93. The molecule has 0 aromatic heterocycles. The molecule has 2 amide bonds. The lowest BCUT2D eigenvalue weighted by Gasteiger charge is -2.19. The van der Waals surface area contributed by atoms with E-state index in [0.717, 1.165) is 11.1 Å². The van der Waals surface area contributed by atoms with Gasteiger partial charge in [-0.15, -0.1) is 0 Å². The SMILES string of the molecule is Cc1ccc(NC(=O)C[C@@H](NC(=O)c2ccccc2)c2ccccc2)cc1Cl. The Labute approximate surface area is 169 Å². The van der Waals surface area contributed by atoms with Crippen molar-refractivity contribution in [2.24, 2.45) is 0 Å². The molecule has 4 nitrogen and oxygen atoms in total. The first kappa shape index (κ1) is 19.6. The molecule has 0 saturated heterocycles. The van der Waals surface area contributed by atoms with Crippen LogP contribution in [0.1, 0.15) is 33.9 Å². The summed E-state index contributed by atoms with van der Waals surface area (Å²) in [6.45, 7) is 1.90. The van der Waals surface area contributed by atoms with Crippen LogP contribution in [-0.4, -0.2) is 11.8 Å². The topological polar surface area (TPSA) is 58.2 Å². The van der Waals surface area contributed by atoms with Crippen LogP contribution in [-0.2, 0) is 4.79 Å². The van der Waals surface area contributed by atoms with Gasteiger partial charge in [-0.05, 0) is 42.3 Å². The molecule has 0 heterocycles. The van der Waals surface area contributed by atoms with Crippen LogP contribution in [0, 0.1) is 6.92 Å². The molecule has 0 aliphatic rings. The van der Waals surface area contributed by atoms with Crippen molar-refractivity contribution < 1.29 is 9.59 Å². The average Bonchev–Trinajstić information content (AvgIpc) is 2.71. The van der Waals surface area contributed by atoms with Gasteiger partial charge in [0.2, 0.25) is 5.91 Å². The minimum absolute atomic E-state index is 0.105. The number of carbonyl (C=O) groups excluding carboxylic acids is 2. The normalized spacial score (nSPS) is 11.5. The minimum atomic E-state index is -0.449. The maximum atomic E-state index is 12.6. The largest absolute Gasteiger partial charge is 0.345 e. The minimum Gasteiger partial charge on any atom is -0.345 e. The maximum absolute atomic E-state index is 12.6. The van der Waals surface area contributed by atoms with Crippen molar-refractivity contribution in [2.45, 2.75) is 19.4 Å². The van der Waals surface area contributed by atoms with Crippen LogP contribution in [0.5, 0.6) is 0 Å². The van der Waals surface area contributed by atoms with Crippen molar-refractivity contribution in [1.29, 1.82) is 0 Å². The Morgan fingerprint density at radius 1 is 0.929 bits per heavy atom. The molecule has 5 heteroatoms. The van der Waals surface area contributed by atoms with Crippen molar-refractivity contribution in [3.63, 3.8) is 0 Å². The standard InChI is InChI=1S/C23H21ClN2O2/c1-16-12-13-19(14-20(16)24)25-22(27)15-21(17-8-4-2-5-9-17)26-23(28)18-10-6-3-7-11-18/h2-14,21H,15H2,1H3,(H,25,27)(H,26,28)/t21-/m1/s1. The fraction of sp³-hybridized carbons (Fsp3) is 0.130. The molecule has 0 radical (unpaired) electrons. The first-order valence-corrected chi connectivity index (χ1v) is 9.37. The van der Waals surface area contributed by atoms with Gasteiger partial charge in [-0.1, -0.05) is 66.2 Å². The molecular weight excluding hydrogens is 372 g/mol. The van der Waals surface area contributed by atoms with Crippen LogP contribution in [0.2, 0.25) is 5.02 Å². The lowest BCUT2D eigenvalue weighted by atomic mass is 10.0. The zero-order valence-corrected chi connectivity index (χ0v) is 16.2. The molecular formula is C23H21ClN2O2. The number of nitrogens with one attached hydrogen (secondary N) is 2. The van der Waals surface area contributed by atoms with Crippen molar-refractivity contribution in [2.75, 3.05) is 5.32 Å². The number of aryl methyl sites for hydroxylation is 1. The molecule has 3 aromatic carbocycles. The Hall–Kier alpha value is -3.11. The van der Waals surface area contributed by atoms with E-state index in [9.17, 15) is 9.59 Å². The number of amides is 2. The van der Waals surface area contributed by atoms with E-state index in [1.807, 2.05) is 49.4 Å². The number of rotatable bonds is 6. The van der Waals surface area contributed by atoms with E-state index < -0.39 is 6.04 Å². The number of benzene rings is 3. The van der Waals surface area contributed by atoms with Crippen molar-refractivity contribution >= 4 is 29.1 Å². The van der Waals surface area contributed by atoms with Gasteiger partial charge in [-0.25, -0.2) is 0 Å². The molecule has 0 spiro atoms. The predicted octanol–water partition coefficient (Wildman–Crippen LogP) is 5.15. The van der Waals surface area contributed by atoms with Gasteiger partial charge in [0, 0.05) is 16.3 Å². The zero-order chi connectivity index (χ0) is 19.9. The van der Waals surface area contributed by atoms with Crippen molar-refractivity contribution in [3.05, 3.63) is 101 Å². The van der Waals surface area contributed by atoms with E-state index in [2.05, 4.69) is 10.6 Å². The van der Waals surface area contributed by atoms with E-state index in [0.29, 0.717) is 16.3 Å². The Kier molecular flexibility index (Phi) is 6.45. The van der Waals surface area contributed by atoms with Gasteiger partial charge < -0.3 is 10.6 Å². The molecule has 0 aliphatic heterocycles. The second kappa shape index (κ2) is 9.20. The monoisotopic (exact) mass is 392 g/mol. The number of hydrogen-bond acceptors (Lipinski definition) is 2. The predicted molar refractivity (Wildman–Crippen MR) is 113 cm³/mol. The van der Waals surface area contributed by atoms with Gasteiger partial charge in [0.15, 0.2) is 0 Å². The Morgan fingerprint density at radius 2 is 1.57 bits per heavy atom. The molecule has 2 N–H and O–H groups in total. The fourth-order valence-corrected chi connectivity index (χ4v) is 3.02. The van der Waals surface area contributed by atoms with Crippen LogP contribution in [0.4, 0.5) is 5.69 Å². The molecule has 0 unspecified atom stereocenters. The number of anilines is 1. The summed E-state index contributed by atoms with van der Waals surface area (Å²) in [5.41, 5.74) is 2.98. The van der Waals surface area contributed by atoms with E-state index >= 15 is 0 Å². The van der Waals surface area contributed by atoms with Crippen LogP contribution >= 0.6 is 11.6 Å². The lowest BCUT2D eigenvalue weighted by molar-refractivity contribution is -0.116. The van der Waals surface area contributed by atoms with Crippen LogP contribution in [0.3, 0.4) is 0 Å². The summed E-state index contributed by atoms with van der Waals surface area (Å²) in [5.74, 6) is -0.428. The highest BCUT2D eigenvalue weighted by Gasteiger charge is 2.19. The molecule has 3 rings (SSSR count). The molecule has 3 aromatic rings. The average molecular weight is 393 g/mol. The van der Waals surface area contributed by atoms with Gasteiger partial charge in [-0.3, -0.25) is 9.59 Å². The quantitative estimate of drug-likeness (QED) is 0.609. The maximum Gasteiger partial charge on any atom is 0.251 e. The third kappa shape index (κ3) is 5.21. The third-order valence-corrected chi connectivity index (χ3v) is 4.80. The van der Waals surface area contributed by atoms with Crippen LogP contribution < -0.4 is 10.6 Å². The zero-order valence-electron chi connectivity index (χ0n) is 15.5. The highest BCUT2D eigenvalue weighted by Crippen LogP contribution is 2.22. The van der Waals surface area contributed by atoms with Gasteiger partial charge >= 0.3 is 0 Å². The number of halogens is 1. The van der Waals surface area contributed by atoms with Crippen molar-refractivity contribution in [3.8, 4) is 0 Å². The van der Waals surface area contributed by atoms with E-state index in [1.165, 1.54) is 0 Å². The second-order valence-electron chi connectivity index (χ2n) is 6.52. The summed E-state index contributed by atoms with van der Waals surface area (Å²) in [4.78, 5) is 25.2. The molecule has 1 atom stereocenters. The van der Waals surface area contributed by atoms with Crippen LogP contribution in [0.25, 0.3) is 0 Å². The molecule has 0 aliphatic carbocycles.